The molecule has 84 valence electrons. The lowest BCUT2D eigenvalue weighted by atomic mass is 10.1. The number of aromatic nitrogens is 2. The molecule has 0 spiro atoms. The van der Waals surface area contributed by atoms with Crippen molar-refractivity contribution >= 4 is 0 Å². The summed E-state index contributed by atoms with van der Waals surface area (Å²) in [5.41, 5.74) is 3.72. The Kier molecular flexibility index (Phi) is 3.37. The lowest BCUT2D eigenvalue weighted by molar-refractivity contribution is 0.569. The third-order valence-electron chi connectivity index (χ3n) is 2.73. The van der Waals surface area contributed by atoms with Gasteiger partial charge in [-0.1, -0.05) is 29.8 Å². The number of H-pyrrole nitrogens is 1. The van der Waals surface area contributed by atoms with Gasteiger partial charge in [0, 0.05) is 24.5 Å². The standard InChI is InChI=1S/C13H17N3/c1-10-3-5-12(6-4-10)11(2)15-8-13-7-14-9-16-13/h3-7,9,11,15H,8H2,1-2H3,(H,14,16)/t11-/m0/s1. The van der Waals surface area contributed by atoms with Crippen molar-refractivity contribution in [2.45, 2.75) is 26.4 Å². The van der Waals surface area contributed by atoms with Crippen molar-refractivity contribution in [3.05, 3.63) is 53.6 Å². The Bertz CT molecular complexity index is 417. The Morgan fingerprint density at radius 1 is 1.31 bits per heavy atom. The minimum Gasteiger partial charge on any atom is -0.347 e. The minimum atomic E-state index is 0.351. The summed E-state index contributed by atoms with van der Waals surface area (Å²) in [7, 11) is 0. The lowest BCUT2D eigenvalue weighted by Crippen LogP contribution is -2.18. The summed E-state index contributed by atoms with van der Waals surface area (Å²) >= 11 is 0. The Morgan fingerprint density at radius 2 is 2.06 bits per heavy atom. The quantitative estimate of drug-likeness (QED) is 0.823. The molecule has 0 radical (unpaired) electrons. The van der Waals surface area contributed by atoms with Crippen molar-refractivity contribution in [1.29, 1.82) is 0 Å². The highest BCUT2D eigenvalue weighted by atomic mass is 14.9. The predicted octanol–water partition coefficient (Wildman–Crippen LogP) is 2.57. The summed E-state index contributed by atoms with van der Waals surface area (Å²) in [5, 5.41) is 3.45. The van der Waals surface area contributed by atoms with E-state index in [9.17, 15) is 0 Å². The SMILES string of the molecule is Cc1ccc([C@H](C)NCc2cnc[nH]2)cc1. The summed E-state index contributed by atoms with van der Waals surface area (Å²) < 4.78 is 0. The molecule has 0 bridgehead atoms. The predicted molar refractivity (Wildman–Crippen MR) is 65.0 cm³/mol. The van der Waals surface area contributed by atoms with Crippen molar-refractivity contribution in [2.24, 2.45) is 0 Å². The van der Waals surface area contributed by atoms with Crippen LogP contribution in [0.1, 0.15) is 29.8 Å². The maximum absolute atomic E-state index is 3.99. The van der Waals surface area contributed by atoms with Gasteiger partial charge < -0.3 is 10.3 Å². The molecule has 0 aliphatic heterocycles. The van der Waals surface area contributed by atoms with Gasteiger partial charge >= 0.3 is 0 Å². The van der Waals surface area contributed by atoms with Crippen molar-refractivity contribution < 1.29 is 0 Å². The molecule has 1 heterocycles. The number of rotatable bonds is 4. The number of nitrogens with zero attached hydrogens (tertiary/aromatic N) is 1. The van der Waals surface area contributed by atoms with Crippen LogP contribution in [0.15, 0.2) is 36.8 Å². The zero-order valence-corrected chi connectivity index (χ0v) is 9.70. The highest BCUT2D eigenvalue weighted by Crippen LogP contribution is 2.13. The van der Waals surface area contributed by atoms with Crippen LogP contribution in [-0.2, 0) is 6.54 Å². The van der Waals surface area contributed by atoms with Gasteiger partial charge in [0.05, 0.1) is 6.33 Å². The summed E-state index contributed by atoms with van der Waals surface area (Å²) in [5.74, 6) is 0. The van der Waals surface area contributed by atoms with Gasteiger partial charge in [-0.25, -0.2) is 4.98 Å². The minimum absolute atomic E-state index is 0.351. The summed E-state index contributed by atoms with van der Waals surface area (Å²) in [6.07, 6.45) is 3.54. The maximum Gasteiger partial charge on any atom is 0.0922 e. The van der Waals surface area contributed by atoms with E-state index in [0.29, 0.717) is 6.04 Å². The van der Waals surface area contributed by atoms with Crippen LogP contribution in [0, 0.1) is 6.92 Å². The number of benzene rings is 1. The molecule has 0 fully saturated rings. The van der Waals surface area contributed by atoms with Gasteiger partial charge in [-0.05, 0) is 19.4 Å². The van der Waals surface area contributed by atoms with Gasteiger partial charge in [-0.2, -0.15) is 0 Å². The van der Waals surface area contributed by atoms with Crippen LogP contribution >= 0.6 is 0 Å². The Hall–Kier alpha value is -1.61. The van der Waals surface area contributed by atoms with Crippen LogP contribution in [0.2, 0.25) is 0 Å². The zero-order chi connectivity index (χ0) is 11.4. The molecule has 2 rings (SSSR count). The van der Waals surface area contributed by atoms with E-state index < -0.39 is 0 Å². The van der Waals surface area contributed by atoms with Gasteiger partial charge in [0.15, 0.2) is 0 Å². The van der Waals surface area contributed by atoms with Crippen LogP contribution in [0.4, 0.5) is 0 Å². The fourth-order valence-electron chi connectivity index (χ4n) is 1.62. The van der Waals surface area contributed by atoms with Crippen molar-refractivity contribution in [3.63, 3.8) is 0 Å². The molecule has 0 saturated heterocycles. The molecule has 0 aliphatic rings. The second-order valence-corrected chi connectivity index (χ2v) is 4.09. The third kappa shape index (κ3) is 2.70. The average molecular weight is 215 g/mol. The van der Waals surface area contributed by atoms with Crippen molar-refractivity contribution in [3.8, 4) is 0 Å². The Balaban J connectivity index is 1.93. The molecule has 0 amide bonds. The fraction of sp³-hybridized carbons (Fsp3) is 0.308. The second kappa shape index (κ2) is 4.94. The van der Waals surface area contributed by atoms with Crippen molar-refractivity contribution in [2.75, 3.05) is 0 Å². The zero-order valence-electron chi connectivity index (χ0n) is 9.70. The summed E-state index contributed by atoms with van der Waals surface area (Å²) in [6, 6.07) is 8.97. The summed E-state index contributed by atoms with van der Waals surface area (Å²) in [6.45, 7) is 5.09. The van der Waals surface area contributed by atoms with E-state index in [1.807, 2.05) is 6.20 Å². The highest BCUT2D eigenvalue weighted by Gasteiger charge is 2.04. The molecular weight excluding hydrogens is 198 g/mol. The number of nitrogens with one attached hydrogen (secondary N) is 2. The third-order valence-corrected chi connectivity index (χ3v) is 2.73. The molecule has 3 heteroatoms. The van der Waals surface area contributed by atoms with Gasteiger partial charge in [-0.15, -0.1) is 0 Å². The first kappa shape index (κ1) is 10.9. The molecule has 2 aromatic rings. The smallest absolute Gasteiger partial charge is 0.0922 e. The molecule has 1 atom stereocenters. The second-order valence-electron chi connectivity index (χ2n) is 4.09. The average Bonchev–Trinajstić information content (AvgIpc) is 2.80. The number of aromatic amines is 1. The Morgan fingerprint density at radius 3 is 2.69 bits per heavy atom. The van der Waals surface area contributed by atoms with E-state index >= 15 is 0 Å². The van der Waals surface area contributed by atoms with E-state index in [-0.39, 0.29) is 0 Å². The van der Waals surface area contributed by atoms with E-state index in [2.05, 4.69) is 53.4 Å². The lowest BCUT2D eigenvalue weighted by Gasteiger charge is -2.13. The van der Waals surface area contributed by atoms with E-state index in [1.165, 1.54) is 11.1 Å². The summed E-state index contributed by atoms with van der Waals surface area (Å²) in [4.78, 5) is 7.07. The fourth-order valence-corrected chi connectivity index (χ4v) is 1.62. The van der Waals surface area contributed by atoms with Gasteiger partial charge in [0.25, 0.3) is 0 Å². The van der Waals surface area contributed by atoms with Crippen LogP contribution in [0.3, 0.4) is 0 Å². The van der Waals surface area contributed by atoms with E-state index in [4.69, 9.17) is 0 Å². The molecule has 1 aromatic heterocycles. The van der Waals surface area contributed by atoms with Gasteiger partial charge in [0.1, 0.15) is 0 Å². The largest absolute Gasteiger partial charge is 0.347 e. The molecule has 0 saturated carbocycles. The first-order valence-electron chi connectivity index (χ1n) is 5.53. The molecular formula is C13H17N3. The van der Waals surface area contributed by atoms with Crippen LogP contribution in [0.5, 0.6) is 0 Å². The molecule has 0 unspecified atom stereocenters. The van der Waals surface area contributed by atoms with Gasteiger partial charge in [-0.3, -0.25) is 0 Å². The van der Waals surface area contributed by atoms with Gasteiger partial charge in [0.2, 0.25) is 0 Å². The first-order valence-corrected chi connectivity index (χ1v) is 5.53. The normalized spacial score (nSPS) is 12.6. The monoisotopic (exact) mass is 215 g/mol. The number of hydrogen-bond acceptors (Lipinski definition) is 2. The maximum atomic E-state index is 3.99. The Labute approximate surface area is 95.9 Å². The molecule has 3 nitrogen and oxygen atoms in total. The van der Waals surface area contributed by atoms with Crippen LogP contribution in [0.25, 0.3) is 0 Å². The molecule has 16 heavy (non-hydrogen) atoms. The van der Waals surface area contributed by atoms with E-state index in [0.717, 1.165) is 12.2 Å². The topological polar surface area (TPSA) is 40.7 Å². The molecule has 1 aromatic carbocycles. The molecule has 0 aliphatic carbocycles. The number of hydrogen-bond donors (Lipinski definition) is 2. The highest BCUT2D eigenvalue weighted by molar-refractivity contribution is 5.23. The first-order chi connectivity index (χ1) is 7.75. The van der Waals surface area contributed by atoms with E-state index in [1.54, 1.807) is 6.33 Å². The van der Waals surface area contributed by atoms with Crippen LogP contribution in [-0.4, -0.2) is 9.97 Å². The number of aryl methyl sites for hydroxylation is 1. The molecule has 2 N–H and O–H groups in total. The van der Waals surface area contributed by atoms with Crippen molar-refractivity contribution in [1.82, 2.24) is 15.3 Å². The number of imidazole rings is 1. The van der Waals surface area contributed by atoms with Crippen LogP contribution < -0.4 is 5.32 Å².